The molecule has 0 saturated carbocycles. The van der Waals surface area contributed by atoms with Crippen LogP contribution in [0.15, 0.2) is 231 Å². The molecule has 0 spiro atoms. The van der Waals surface area contributed by atoms with Gasteiger partial charge in [0.15, 0.2) is 0 Å². The molecular formula is C52H38N2. The van der Waals surface area contributed by atoms with Crippen molar-refractivity contribution >= 4 is 44.9 Å². The van der Waals surface area contributed by atoms with E-state index in [2.05, 4.69) is 240 Å². The van der Waals surface area contributed by atoms with Gasteiger partial charge in [-0.1, -0.05) is 158 Å². The molecule has 9 aromatic carbocycles. The third kappa shape index (κ3) is 6.65. The Morgan fingerprint density at radius 2 is 0.574 bits per heavy atom. The number of hydrogen-bond acceptors (Lipinski definition) is 2. The Hall–Kier alpha value is -7.16. The summed E-state index contributed by atoms with van der Waals surface area (Å²) in [5.41, 5.74) is 13.9. The van der Waals surface area contributed by atoms with E-state index < -0.39 is 0 Å². The van der Waals surface area contributed by atoms with Crippen LogP contribution >= 0.6 is 0 Å². The lowest BCUT2D eigenvalue weighted by atomic mass is 9.98. The molecule has 54 heavy (non-hydrogen) atoms. The number of fused-ring (bicyclic) bond motifs is 1. The van der Waals surface area contributed by atoms with Crippen molar-refractivity contribution in [2.24, 2.45) is 0 Å². The normalized spacial score (nSPS) is 11.0. The summed E-state index contributed by atoms with van der Waals surface area (Å²) in [6.07, 6.45) is 0. The van der Waals surface area contributed by atoms with Crippen molar-refractivity contribution in [1.82, 2.24) is 0 Å². The lowest BCUT2D eigenvalue weighted by Crippen LogP contribution is -2.10. The van der Waals surface area contributed by atoms with Crippen molar-refractivity contribution in [1.29, 1.82) is 0 Å². The first-order valence-corrected chi connectivity index (χ1v) is 18.4. The second kappa shape index (κ2) is 14.8. The molecule has 2 heteroatoms. The van der Waals surface area contributed by atoms with E-state index in [1.165, 1.54) is 44.2 Å². The van der Waals surface area contributed by atoms with Crippen molar-refractivity contribution in [3.8, 4) is 33.4 Å². The van der Waals surface area contributed by atoms with Gasteiger partial charge in [-0.3, -0.25) is 0 Å². The van der Waals surface area contributed by atoms with Crippen LogP contribution in [0.4, 0.5) is 34.1 Å². The molecule has 9 rings (SSSR count). The summed E-state index contributed by atoms with van der Waals surface area (Å²) >= 11 is 0. The molecule has 0 aliphatic rings. The third-order valence-corrected chi connectivity index (χ3v) is 10.0. The molecule has 0 amide bonds. The fraction of sp³-hybridized carbons (Fsp3) is 0. The van der Waals surface area contributed by atoms with Gasteiger partial charge in [-0.05, 0) is 112 Å². The molecule has 0 bridgehead atoms. The van der Waals surface area contributed by atoms with Crippen LogP contribution in [0.5, 0.6) is 0 Å². The largest absolute Gasteiger partial charge is 0.311 e. The highest BCUT2D eigenvalue weighted by Gasteiger charge is 2.16. The highest BCUT2D eigenvalue weighted by molar-refractivity contribution is 5.99. The molecule has 9 aromatic rings. The average molecular weight is 691 g/mol. The van der Waals surface area contributed by atoms with Crippen LogP contribution in [0.1, 0.15) is 0 Å². The number of para-hydroxylation sites is 2. The minimum atomic E-state index is 1.11. The van der Waals surface area contributed by atoms with E-state index in [0.717, 1.165) is 34.1 Å². The topological polar surface area (TPSA) is 6.48 Å². The van der Waals surface area contributed by atoms with Gasteiger partial charge in [0.05, 0.1) is 5.69 Å². The Bertz CT molecular complexity index is 2610. The monoisotopic (exact) mass is 690 g/mol. The van der Waals surface area contributed by atoms with Crippen LogP contribution in [0, 0.1) is 0 Å². The second-order valence-electron chi connectivity index (χ2n) is 13.4. The molecular weight excluding hydrogens is 653 g/mol. The molecule has 0 unspecified atom stereocenters. The summed E-state index contributed by atoms with van der Waals surface area (Å²) in [5.74, 6) is 0. The zero-order valence-corrected chi connectivity index (χ0v) is 29.8. The zero-order valence-electron chi connectivity index (χ0n) is 29.8. The van der Waals surface area contributed by atoms with Gasteiger partial charge in [0, 0.05) is 33.8 Å². The smallest absolute Gasteiger partial charge is 0.0540 e. The Balaban J connectivity index is 1.01. The van der Waals surface area contributed by atoms with E-state index in [1.54, 1.807) is 0 Å². The highest BCUT2D eigenvalue weighted by Crippen LogP contribution is 2.40. The van der Waals surface area contributed by atoms with Crippen molar-refractivity contribution in [3.63, 3.8) is 0 Å². The van der Waals surface area contributed by atoms with Gasteiger partial charge in [-0.25, -0.2) is 0 Å². The lowest BCUT2D eigenvalue weighted by molar-refractivity contribution is 1.28. The van der Waals surface area contributed by atoms with Crippen LogP contribution in [-0.4, -0.2) is 0 Å². The van der Waals surface area contributed by atoms with Gasteiger partial charge in [-0.15, -0.1) is 0 Å². The number of benzene rings is 9. The van der Waals surface area contributed by atoms with E-state index in [4.69, 9.17) is 0 Å². The number of anilines is 6. The predicted molar refractivity (Wildman–Crippen MR) is 230 cm³/mol. The van der Waals surface area contributed by atoms with E-state index >= 15 is 0 Å². The predicted octanol–water partition coefficient (Wildman–Crippen LogP) is 14.8. The van der Waals surface area contributed by atoms with E-state index in [9.17, 15) is 0 Å². The average Bonchev–Trinajstić information content (AvgIpc) is 3.26. The molecule has 2 nitrogen and oxygen atoms in total. The van der Waals surface area contributed by atoms with Gasteiger partial charge >= 0.3 is 0 Å². The van der Waals surface area contributed by atoms with Crippen molar-refractivity contribution in [3.05, 3.63) is 231 Å². The van der Waals surface area contributed by atoms with Gasteiger partial charge in [0.2, 0.25) is 0 Å². The highest BCUT2D eigenvalue weighted by atomic mass is 15.1. The first kappa shape index (κ1) is 32.7. The van der Waals surface area contributed by atoms with Gasteiger partial charge < -0.3 is 9.80 Å². The van der Waals surface area contributed by atoms with Gasteiger partial charge in [-0.2, -0.15) is 0 Å². The van der Waals surface area contributed by atoms with Crippen LogP contribution < -0.4 is 9.80 Å². The fourth-order valence-electron chi connectivity index (χ4n) is 7.35. The summed E-state index contributed by atoms with van der Waals surface area (Å²) in [7, 11) is 0. The summed E-state index contributed by atoms with van der Waals surface area (Å²) in [4.78, 5) is 4.66. The summed E-state index contributed by atoms with van der Waals surface area (Å²) in [6, 6.07) is 82.3. The van der Waals surface area contributed by atoms with Gasteiger partial charge in [0.25, 0.3) is 0 Å². The first-order valence-electron chi connectivity index (χ1n) is 18.4. The molecule has 0 saturated heterocycles. The molecule has 0 heterocycles. The molecule has 0 fully saturated rings. The zero-order chi connectivity index (χ0) is 36.1. The number of hydrogen-bond donors (Lipinski definition) is 0. The molecule has 0 aliphatic carbocycles. The van der Waals surface area contributed by atoms with Crippen LogP contribution in [0.3, 0.4) is 0 Å². The molecule has 0 N–H and O–H groups in total. The van der Waals surface area contributed by atoms with E-state index in [-0.39, 0.29) is 0 Å². The van der Waals surface area contributed by atoms with Crippen LogP contribution in [-0.2, 0) is 0 Å². The molecule has 0 aliphatic heterocycles. The summed E-state index contributed by atoms with van der Waals surface area (Å²) < 4.78 is 0. The molecule has 0 aromatic heterocycles. The maximum atomic E-state index is 2.35. The molecule has 0 atom stereocenters. The maximum Gasteiger partial charge on any atom is 0.0540 e. The SMILES string of the molecule is c1ccc(-c2ccc(N(c3ccccc3)c3ccc(-c4cccc(-c5ccc(N(c6ccccc6)c6cccc7ccccc67)cc5)c4)cc3)cc2)cc1. The first-order chi connectivity index (χ1) is 26.8. The van der Waals surface area contributed by atoms with Crippen molar-refractivity contribution < 1.29 is 0 Å². The molecule has 0 radical (unpaired) electrons. The van der Waals surface area contributed by atoms with E-state index in [0.29, 0.717) is 0 Å². The Morgan fingerprint density at radius 1 is 0.222 bits per heavy atom. The van der Waals surface area contributed by atoms with Crippen LogP contribution in [0.2, 0.25) is 0 Å². The second-order valence-corrected chi connectivity index (χ2v) is 13.4. The minimum absolute atomic E-state index is 1.11. The number of nitrogens with zero attached hydrogens (tertiary/aromatic N) is 2. The maximum absolute atomic E-state index is 2.35. The Morgan fingerprint density at radius 3 is 1.13 bits per heavy atom. The van der Waals surface area contributed by atoms with Crippen molar-refractivity contribution in [2.45, 2.75) is 0 Å². The van der Waals surface area contributed by atoms with E-state index in [1.807, 2.05) is 0 Å². The standard InChI is InChI=1S/C52H38N2/c1-4-14-39(15-5-1)40-26-32-48(33-27-40)53(46-20-6-2-7-21-46)49-34-28-41(29-35-49)44-18-12-19-45(38-44)42-30-36-50(37-31-42)54(47-22-8-3-9-23-47)52-25-13-17-43-16-10-11-24-51(43)52/h1-38H. The molecule has 256 valence electrons. The quantitative estimate of drug-likeness (QED) is 0.149. The Labute approximate surface area is 317 Å². The van der Waals surface area contributed by atoms with Crippen LogP contribution in [0.25, 0.3) is 44.2 Å². The Kier molecular flexibility index (Phi) is 8.99. The summed E-state index contributed by atoms with van der Waals surface area (Å²) in [6.45, 7) is 0. The number of rotatable bonds is 9. The lowest BCUT2D eigenvalue weighted by Gasteiger charge is -2.27. The van der Waals surface area contributed by atoms with Gasteiger partial charge in [0.1, 0.15) is 0 Å². The summed E-state index contributed by atoms with van der Waals surface area (Å²) in [5, 5.41) is 2.45. The van der Waals surface area contributed by atoms with Crippen molar-refractivity contribution in [2.75, 3.05) is 9.80 Å². The fourth-order valence-corrected chi connectivity index (χ4v) is 7.35. The third-order valence-electron chi connectivity index (χ3n) is 10.0. The minimum Gasteiger partial charge on any atom is -0.311 e.